The highest BCUT2D eigenvalue weighted by Gasteiger charge is 2.47. The summed E-state index contributed by atoms with van der Waals surface area (Å²) in [5, 5.41) is 0.940. The van der Waals surface area contributed by atoms with Gasteiger partial charge in [0, 0.05) is 16.8 Å². The van der Waals surface area contributed by atoms with Crippen molar-refractivity contribution in [1.82, 2.24) is 4.98 Å². The highest BCUT2D eigenvalue weighted by atomic mass is 32.1. The van der Waals surface area contributed by atoms with Gasteiger partial charge in [-0.1, -0.05) is 0 Å². The van der Waals surface area contributed by atoms with Crippen LogP contribution in [0.1, 0.15) is 28.4 Å². The fourth-order valence-electron chi connectivity index (χ4n) is 1.69. The molecule has 0 aliphatic heterocycles. The third-order valence-corrected chi connectivity index (χ3v) is 4.29. The average Bonchev–Trinajstić information content (AvgIpc) is 2.92. The molecule has 1 aromatic rings. The number of carbonyl (C=O) groups is 1. The van der Waals surface area contributed by atoms with Crippen LogP contribution in [0, 0.1) is 19.3 Å². The molecule has 0 bridgehead atoms. The summed E-state index contributed by atoms with van der Waals surface area (Å²) in [5.41, 5.74) is 6.48. The molecular weight excluding hydrogens is 208 g/mol. The van der Waals surface area contributed by atoms with Crippen molar-refractivity contribution in [3.63, 3.8) is 0 Å². The zero-order chi connectivity index (χ0) is 11.1. The van der Waals surface area contributed by atoms with Crippen molar-refractivity contribution < 1.29 is 4.79 Å². The number of Topliss-reactive ketones (excluding diaryl/α,β-unsaturated/α-hetero) is 1. The summed E-state index contributed by atoms with van der Waals surface area (Å²) >= 11 is 1.62. The van der Waals surface area contributed by atoms with E-state index in [-0.39, 0.29) is 11.2 Å². The second-order valence-electron chi connectivity index (χ2n) is 4.33. The average molecular weight is 224 g/mol. The van der Waals surface area contributed by atoms with Crippen molar-refractivity contribution in [3.8, 4) is 0 Å². The van der Waals surface area contributed by atoms with Gasteiger partial charge in [0.25, 0.3) is 0 Å². The van der Waals surface area contributed by atoms with E-state index >= 15 is 0 Å². The largest absolute Gasteiger partial charge is 0.329 e. The van der Waals surface area contributed by atoms with Crippen molar-refractivity contribution in [1.29, 1.82) is 0 Å². The van der Waals surface area contributed by atoms with Crippen LogP contribution in [0.4, 0.5) is 0 Å². The maximum Gasteiger partial charge on any atom is 0.147 e. The minimum absolute atomic E-state index is 0.187. The van der Waals surface area contributed by atoms with E-state index in [4.69, 9.17) is 5.73 Å². The zero-order valence-electron chi connectivity index (χ0n) is 9.17. The Morgan fingerprint density at radius 3 is 2.60 bits per heavy atom. The van der Waals surface area contributed by atoms with E-state index in [1.165, 1.54) is 4.88 Å². The van der Waals surface area contributed by atoms with Crippen LogP contribution in [0.25, 0.3) is 0 Å². The lowest BCUT2D eigenvalue weighted by Crippen LogP contribution is -2.26. The predicted octanol–water partition coefficient (Wildman–Crippen LogP) is 1.61. The second-order valence-corrected chi connectivity index (χ2v) is 5.62. The van der Waals surface area contributed by atoms with E-state index < -0.39 is 0 Å². The maximum atomic E-state index is 11.9. The lowest BCUT2D eigenvalue weighted by Gasteiger charge is -2.08. The topological polar surface area (TPSA) is 56.0 Å². The van der Waals surface area contributed by atoms with Gasteiger partial charge < -0.3 is 5.73 Å². The molecule has 4 heteroatoms. The minimum atomic E-state index is -0.187. The van der Waals surface area contributed by atoms with Crippen molar-refractivity contribution in [2.24, 2.45) is 11.1 Å². The lowest BCUT2D eigenvalue weighted by atomic mass is 9.99. The summed E-state index contributed by atoms with van der Waals surface area (Å²) in [7, 11) is 0. The van der Waals surface area contributed by atoms with Gasteiger partial charge in [0.2, 0.25) is 0 Å². The highest BCUT2D eigenvalue weighted by Crippen LogP contribution is 2.46. The quantitative estimate of drug-likeness (QED) is 0.845. The third kappa shape index (κ3) is 1.96. The molecule has 0 aromatic carbocycles. The number of aromatic nitrogens is 1. The van der Waals surface area contributed by atoms with E-state index in [2.05, 4.69) is 4.98 Å². The van der Waals surface area contributed by atoms with Gasteiger partial charge in [-0.15, -0.1) is 11.3 Å². The number of hydrogen-bond donors (Lipinski definition) is 1. The fourth-order valence-corrected chi connectivity index (χ4v) is 2.62. The lowest BCUT2D eigenvalue weighted by molar-refractivity contribution is -0.123. The number of ketones is 1. The number of nitrogens with zero attached hydrogens (tertiary/aromatic N) is 1. The van der Waals surface area contributed by atoms with Gasteiger partial charge >= 0.3 is 0 Å². The molecule has 0 atom stereocenters. The number of nitrogens with two attached hydrogens (primary N) is 1. The van der Waals surface area contributed by atoms with Gasteiger partial charge in [0.1, 0.15) is 10.8 Å². The summed E-state index contributed by atoms with van der Waals surface area (Å²) in [6, 6.07) is 0. The van der Waals surface area contributed by atoms with Crippen molar-refractivity contribution in [2.45, 2.75) is 33.1 Å². The van der Waals surface area contributed by atoms with E-state index in [1.807, 2.05) is 13.8 Å². The summed E-state index contributed by atoms with van der Waals surface area (Å²) in [6.45, 7) is 4.52. The van der Waals surface area contributed by atoms with E-state index in [0.29, 0.717) is 13.0 Å². The molecule has 15 heavy (non-hydrogen) atoms. The molecule has 1 aliphatic rings. The first kappa shape index (κ1) is 10.8. The van der Waals surface area contributed by atoms with Crippen LogP contribution < -0.4 is 5.73 Å². The second kappa shape index (κ2) is 3.68. The monoisotopic (exact) mass is 224 g/mol. The molecule has 3 nitrogen and oxygen atoms in total. The Kier molecular flexibility index (Phi) is 2.64. The van der Waals surface area contributed by atoms with Crippen molar-refractivity contribution in [2.75, 3.05) is 6.54 Å². The fraction of sp³-hybridized carbons (Fsp3) is 0.636. The van der Waals surface area contributed by atoms with Gasteiger partial charge in [0.05, 0.1) is 12.1 Å². The molecule has 0 spiro atoms. The summed E-state index contributed by atoms with van der Waals surface area (Å²) in [4.78, 5) is 17.5. The van der Waals surface area contributed by atoms with E-state index in [0.717, 1.165) is 23.5 Å². The smallest absolute Gasteiger partial charge is 0.147 e. The first-order valence-electron chi connectivity index (χ1n) is 5.24. The molecule has 0 unspecified atom stereocenters. The number of aryl methyl sites for hydroxylation is 2. The van der Waals surface area contributed by atoms with Gasteiger partial charge in [0.15, 0.2) is 0 Å². The Balaban J connectivity index is 2.06. The van der Waals surface area contributed by atoms with Gasteiger partial charge in [-0.25, -0.2) is 4.98 Å². The van der Waals surface area contributed by atoms with Crippen LogP contribution in [0.2, 0.25) is 0 Å². The normalized spacial score (nSPS) is 17.8. The summed E-state index contributed by atoms with van der Waals surface area (Å²) < 4.78 is 0. The SMILES string of the molecule is Cc1nc(CC(=O)C2(CN)CC2)sc1C. The van der Waals surface area contributed by atoms with Gasteiger partial charge in [-0.2, -0.15) is 0 Å². The standard InChI is InChI=1S/C11H16N2OS/c1-7-8(2)15-10(13-7)5-9(14)11(6-12)3-4-11/h3-6,12H2,1-2H3. The molecule has 0 saturated heterocycles. The molecule has 1 aliphatic carbocycles. The van der Waals surface area contributed by atoms with Crippen LogP contribution >= 0.6 is 11.3 Å². The van der Waals surface area contributed by atoms with Crippen LogP contribution in [-0.2, 0) is 11.2 Å². The van der Waals surface area contributed by atoms with E-state index in [1.54, 1.807) is 11.3 Å². The van der Waals surface area contributed by atoms with Crippen molar-refractivity contribution in [3.05, 3.63) is 15.6 Å². The minimum Gasteiger partial charge on any atom is -0.329 e. The van der Waals surface area contributed by atoms with Crippen LogP contribution in [-0.4, -0.2) is 17.3 Å². The Morgan fingerprint density at radius 2 is 2.20 bits per heavy atom. The number of thiazole rings is 1. The van der Waals surface area contributed by atoms with Gasteiger partial charge in [-0.05, 0) is 26.7 Å². The zero-order valence-corrected chi connectivity index (χ0v) is 9.99. The number of carbonyl (C=O) groups excluding carboxylic acids is 1. The third-order valence-electron chi connectivity index (χ3n) is 3.22. The summed E-state index contributed by atoms with van der Waals surface area (Å²) in [6.07, 6.45) is 2.40. The van der Waals surface area contributed by atoms with Crippen molar-refractivity contribution >= 4 is 17.1 Å². The molecule has 0 amide bonds. The van der Waals surface area contributed by atoms with Crippen LogP contribution in [0.15, 0.2) is 0 Å². The predicted molar refractivity (Wildman–Crippen MR) is 61.0 cm³/mol. The highest BCUT2D eigenvalue weighted by molar-refractivity contribution is 7.11. The van der Waals surface area contributed by atoms with Gasteiger partial charge in [-0.3, -0.25) is 4.79 Å². The molecule has 2 N–H and O–H groups in total. The molecule has 82 valence electrons. The molecule has 1 heterocycles. The number of rotatable bonds is 4. The Bertz CT molecular complexity index is 374. The molecular formula is C11H16N2OS. The van der Waals surface area contributed by atoms with E-state index in [9.17, 15) is 4.79 Å². The first-order chi connectivity index (χ1) is 7.07. The molecule has 1 aromatic heterocycles. The van der Waals surface area contributed by atoms with Crippen LogP contribution in [0.5, 0.6) is 0 Å². The Labute approximate surface area is 93.7 Å². The summed E-state index contributed by atoms with van der Waals surface area (Å²) in [5.74, 6) is 0.277. The van der Waals surface area contributed by atoms with Crippen LogP contribution in [0.3, 0.4) is 0 Å². The Hall–Kier alpha value is -0.740. The number of hydrogen-bond acceptors (Lipinski definition) is 4. The molecule has 1 fully saturated rings. The molecule has 2 rings (SSSR count). The first-order valence-corrected chi connectivity index (χ1v) is 6.05. The Morgan fingerprint density at radius 1 is 1.53 bits per heavy atom. The molecule has 1 saturated carbocycles. The molecule has 0 radical (unpaired) electrons. The maximum absolute atomic E-state index is 11.9.